The number of alkyl halides is 3. The Hall–Kier alpha value is -1.00. The number of hydrogen-bond acceptors (Lipinski definition) is 2. The second-order valence-corrected chi connectivity index (χ2v) is 3.73. The summed E-state index contributed by atoms with van der Waals surface area (Å²) in [5.41, 5.74) is 0. The molecule has 0 fully saturated rings. The van der Waals surface area contributed by atoms with Crippen LogP contribution in [0.2, 0.25) is 0 Å². The van der Waals surface area contributed by atoms with E-state index in [1.807, 2.05) is 6.92 Å². The highest BCUT2D eigenvalue weighted by Crippen LogP contribution is 2.15. The van der Waals surface area contributed by atoms with Gasteiger partial charge in [-0.25, -0.2) is 4.99 Å². The van der Waals surface area contributed by atoms with E-state index < -0.39 is 18.6 Å². The Labute approximate surface area is 133 Å². The van der Waals surface area contributed by atoms with Crippen LogP contribution in [0.5, 0.6) is 0 Å². The van der Waals surface area contributed by atoms with E-state index in [0.29, 0.717) is 23.9 Å². The molecule has 0 aromatic rings. The highest BCUT2D eigenvalue weighted by atomic mass is 127. The molecule has 5 nitrogen and oxygen atoms in total. The van der Waals surface area contributed by atoms with Crippen LogP contribution >= 0.6 is 24.0 Å². The lowest BCUT2D eigenvalue weighted by Crippen LogP contribution is -2.40. The fourth-order valence-corrected chi connectivity index (χ4v) is 1.14. The van der Waals surface area contributed by atoms with Gasteiger partial charge in [0.15, 0.2) is 5.96 Å². The molecule has 0 rings (SSSR count). The number of nitrogens with one attached hydrogen (secondary N) is 2. The molecule has 0 heterocycles. The van der Waals surface area contributed by atoms with E-state index in [2.05, 4.69) is 22.2 Å². The van der Waals surface area contributed by atoms with Crippen LogP contribution in [-0.4, -0.2) is 56.2 Å². The zero-order valence-electron chi connectivity index (χ0n) is 11.5. The van der Waals surface area contributed by atoms with Crippen molar-refractivity contribution < 1.29 is 18.0 Å². The summed E-state index contributed by atoms with van der Waals surface area (Å²) in [4.78, 5) is 15.9. The minimum atomic E-state index is -4.40. The SMILES string of the molecule is C=CCNC(=NCC(=O)N(C)CC(F)(F)F)NCC.I. The zero-order valence-corrected chi connectivity index (χ0v) is 13.8. The van der Waals surface area contributed by atoms with Crippen molar-refractivity contribution in [3.63, 3.8) is 0 Å². The second kappa shape index (κ2) is 10.7. The van der Waals surface area contributed by atoms with Crippen molar-refractivity contribution in [3.8, 4) is 0 Å². The van der Waals surface area contributed by atoms with Crippen LogP contribution in [0.1, 0.15) is 6.92 Å². The predicted molar refractivity (Wildman–Crippen MR) is 83.3 cm³/mol. The smallest absolute Gasteiger partial charge is 0.357 e. The van der Waals surface area contributed by atoms with Crippen molar-refractivity contribution in [3.05, 3.63) is 12.7 Å². The van der Waals surface area contributed by atoms with Gasteiger partial charge < -0.3 is 15.5 Å². The van der Waals surface area contributed by atoms with Crippen LogP contribution in [-0.2, 0) is 4.79 Å². The van der Waals surface area contributed by atoms with Gasteiger partial charge in [0.25, 0.3) is 0 Å². The number of aliphatic imine (C=N–C) groups is 1. The first kappa shape index (κ1) is 21.3. The molecule has 118 valence electrons. The maximum Gasteiger partial charge on any atom is 0.406 e. The number of guanidine groups is 1. The predicted octanol–water partition coefficient (Wildman–Crippen LogP) is 1.37. The second-order valence-electron chi connectivity index (χ2n) is 3.73. The number of rotatable bonds is 6. The molecule has 0 aliphatic heterocycles. The average Bonchev–Trinajstić information content (AvgIpc) is 2.30. The molecule has 0 bridgehead atoms. The summed E-state index contributed by atoms with van der Waals surface area (Å²) in [6, 6.07) is 0. The van der Waals surface area contributed by atoms with Crippen LogP contribution in [0.3, 0.4) is 0 Å². The summed E-state index contributed by atoms with van der Waals surface area (Å²) in [5.74, 6) is -0.343. The topological polar surface area (TPSA) is 56.7 Å². The average molecular weight is 408 g/mol. The first-order valence-electron chi connectivity index (χ1n) is 5.74. The number of likely N-dealkylation sites (N-methyl/N-ethyl adjacent to an activating group) is 1. The standard InChI is InChI=1S/C11H19F3N4O.HI/c1-4-6-16-10(15-5-2)17-7-9(19)18(3)8-11(12,13)14;/h4H,1,5-8H2,2-3H3,(H2,15,16,17);1H. The van der Waals surface area contributed by atoms with E-state index in [4.69, 9.17) is 0 Å². The molecular formula is C11H20F3IN4O. The van der Waals surface area contributed by atoms with Crippen molar-refractivity contribution in [1.82, 2.24) is 15.5 Å². The molecule has 1 amide bonds. The maximum atomic E-state index is 12.1. The number of amides is 1. The van der Waals surface area contributed by atoms with Crippen molar-refractivity contribution in [2.45, 2.75) is 13.1 Å². The molecule has 0 saturated carbocycles. The summed E-state index contributed by atoms with van der Waals surface area (Å²) >= 11 is 0. The van der Waals surface area contributed by atoms with E-state index in [0.717, 1.165) is 7.05 Å². The van der Waals surface area contributed by atoms with E-state index in [-0.39, 0.29) is 30.5 Å². The third-order valence-electron chi connectivity index (χ3n) is 1.97. The Bertz CT molecular complexity index is 334. The van der Waals surface area contributed by atoms with Gasteiger partial charge in [-0.05, 0) is 6.92 Å². The zero-order chi connectivity index (χ0) is 14.9. The molecule has 9 heteroatoms. The monoisotopic (exact) mass is 408 g/mol. The number of carbonyl (C=O) groups is 1. The summed E-state index contributed by atoms with van der Waals surface area (Å²) < 4.78 is 36.3. The number of nitrogens with zero attached hydrogens (tertiary/aromatic N) is 2. The van der Waals surface area contributed by atoms with Gasteiger partial charge in [0.2, 0.25) is 5.91 Å². The number of hydrogen-bond donors (Lipinski definition) is 2. The van der Waals surface area contributed by atoms with E-state index >= 15 is 0 Å². The molecule has 2 N–H and O–H groups in total. The van der Waals surface area contributed by atoms with Gasteiger partial charge in [-0.2, -0.15) is 13.2 Å². The number of carbonyl (C=O) groups excluding carboxylic acids is 1. The molecule has 0 radical (unpaired) electrons. The van der Waals surface area contributed by atoms with Crippen LogP contribution in [0.15, 0.2) is 17.6 Å². The highest BCUT2D eigenvalue weighted by Gasteiger charge is 2.30. The van der Waals surface area contributed by atoms with Gasteiger partial charge in [-0.1, -0.05) is 6.08 Å². The summed E-state index contributed by atoms with van der Waals surface area (Å²) in [6.07, 6.45) is -2.80. The molecular weight excluding hydrogens is 388 g/mol. The van der Waals surface area contributed by atoms with Gasteiger partial charge in [-0.15, -0.1) is 30.6 Å². The lowest BCUT2D eigenvalue weighted by molar-refractivity contribution is -0.157. The normalized spacial score (nSPS) is 11.3. The fourth-order valence-electron chi connectivity index (χ4n) is 1.14. The Morgan fingerprint density at radius 3 is 2.45 bits per heavy atom. The first-order valence-corrected chi connectivity index (χ1v) is 5.74. The molecule has 0 unspecified atom stereocenters. The summed E-state index contributed by atoms with van der Waals surface area (Å²) in [6.45, 7) is 4.74. The van der Waals surface area contributed by atoms with E-state index in [9.17, 15) is 18.0 Å². The molecule has 0 saturated heterocycles. The molecule has 0 atom stereocenters. The molecule has 20 heavy (non-hydrogen) atoms. The molecule has 0 aliphatic carbocycles. The van der Waals surface area contributed by atoms with Crippen LogP contribution < -0.4 is 10.6 Å². The van der Waals surface area contributed by atoms with Gasteiger partial charge in [-0.3, -0.25) is 4.79 Å². The lowest BCUT2D eigenvalue weighted by atomic mass is 10.5. The van der Waals surface area contributed by atoms with E-state index in [1.54, 1.807) is 6.08 Å². The minimum Gasteiger partial charge on any atom is -0.357 e. The molecule has 0 aliphatic rings. The Kier molecular flexibility index (Phi) is 11.4. The van der Waals surface area contributed by atoms with E-state index in [1.165, 1.54) is 0 Å². The van der Waals surface area contributed by atoms with Gasteiger partial charge >= 0.3 is 6.18 Å². The van der Waals surface area contributed by atoms with Crippen LogP contribution in [0, 0.1) is 0 Å². The highest BCUT2D eigenvalue weighted by molar-refractivity contribution is 14.0. The van der Waals surface area contributed by atoms with Crippen molar-refractivity contribution in [2.75, 3.05) is 33.2 Å². The Morgan fingerprint density at radius 1 is 1.40 bits per heavy atom. The quantitative estimate of drug-likeness (QED) is 0.302. The van der Waals surface area contributed by atoms with Crippen molar-refractivity contribution >= 4 is 35.8 Å². The third kappa shape index (κ3) is 10.9. The molecule has 0 aromatic heterocycles. The minimum absolute atomic E-state index is 0. The van der Waals surface area contributed by atoms with Crippen LogP contribution in [0.25, 0.3) is 0 Å². The van der Waals surface area contributed by atoms with Crippen LogP contribution in [0.4, 0.5) is 13.2 Å². The summed E-state index contributed by atoms with van der Waals surface area (Å²) in [5, 5.41) is 5.70. The lowest BCUT2D eigenvalue weighted by Gasteiger charge is -2.18. The number of halogens is 4. The Balaban J connectivity index is 0. The molecule has 0 spiro atoms. The molecule has 0 aromatic carbocycles. The summed E-state index contributed by atoms with van der Waals surface area (Å²) in [7, 11) is 1.09. The van der Waals surface area contributed by atoms with Crippen molar-refractivity contribution in [1.29, 1.82) is 0 Å². The maximum absolute atomic E-state index is 12.1. The first-order chi connectivity index (χ1) is 8.80. The Morgan fingerprint density at radius 2 is 2.00 bits per heavy atom. The van der Waals surface area contributed by atoms with Gasteiger partial charge in [0, 0.05) is 20.1 Å². The van der Waals surface area contributed by atoms with Crippen molar-refractivity contribution in [2.24, 2.45) is 4.99 Å². The van der Waals surface area contributed by atoms with Gasteiger partial charge in [0.05, 0.1) is 0 Å². The third-order valence-corrected chi connectivity index (χ3v) is 1.97. The fraction of sp³-hybridized carbons (Fsp3) is 0.636. The largest absolute Gasteiger partial charge is 0.406 e. The van der Waals surface area contributed by atoms with Gasteiger partial charge in [0.1, 0.15) is 13.1 Å².